The van der Waals surface area contributed by atoms with E-state index in [4.69, 9.17) is 20.3 Å². The van der Waals surface area contributed by atoms with Crippen molar-refractivity contribution in [3.8, 4) is 11.1 Å². The van der Waals surface area contributed by atoms with E-state index in [1.807, 2.05) is 23.7 Å². The molecule has 0 saturated heterocycles. The van der Waals surface area contributed by atoms with Gasteiger partial charge < -0.3 is 25.8 Å². The third-order valence-corrected chi connectivity index (χ3v) is 9.88. The number of aliphatic imine (C=N–C) groups is 1. The van der Waals surface area contributed by atoms with Gasteiger partial charge in [0.15, 0.2) is 0 Å². The summed E-state index contributed by atoms with van der Waals surface area (Å²) in [5.74, 6) is 1.75. The van der Waals surface area contributed by atoms with E-state index in [1.54, 1.807) is 13.3 Å². The number of methoxy groups -OCH3 is 1. The van der Waals surface area contributed by atoms with Crippen LogP contribution in [0.15, 0.2) is 35.6 Å². The van der Waals surface area contributed by atoms with Gasteiger partial charge in [0.1, 0.15) is 24.3 Å². The normalized spacial score (nSPS) is 16.6. The highest BCUT2D eigenvalue weighted by Crippen LogP contribution is 2.51. The number of anilines is 1. The fraction of sp³-hybridized carbons (Fsp3) is 0.618. The number of carbonyl (C=O) groups is 2. The fourth-order valence-electron chi connectivity index (χ4n) is 5.89. The molecule has 1 unspecified atom stereocenters. The molecule has 46 heavy (non-hydrogen) atoms. The van der Waals surface area contributed by atoms with Crippen molar-refractivity contribution in [2.45, 2.75) is 65.1 Å². The van der Waals surface area contributed by atoms with Gasteiger partial charge >= 0.3 is 0 Å². The molecule has 2 aromatic heterocycles. The van der Waals surface area contributed by atoms with E-state index in [2.05, 4.69) is 46.3 Å². The minimum Gasteiger partial charge on any atom is -0.405 e. The number of carbonyl (C=O) groups excluding carboxylic acids is 2. The molecule has 2 aliphatic carbocycles. The molecular formula is C34H53N7O4S. The first-order valence-electron chi connectivity index (χ1n) is 16.4. The van der Waals surface area contributed by atoms with Gasteiger partial charge in [0.2, 0.25) is 5.91 Å². The van der Waals surface area contributed by atoms with E-state index in [1.165, 1.54) is 12.3 Å². The zero-order chi connectivity index (χ0) is 33.3. The van der Waals surface area contributed by atoms with E-state index in [9.17, 15) is 9.59 Å². The monoisotopic (exact) mass is 655 g/mol. The summed E-state index contributed by atoms with van der Waals surface area (Å²) < 4.78 is 13.0. The second-order valence-electron chi connectivity index (χ2n) is 13.2. The Balaban J connectivity index is 1.48. The average molecular weight is 656 g/mol. The van der Waals surface area contributed by atoms with Gasteiger partial charge in [-0.05, 0) is 106 Å². The van der Waals surface area contributed by atoms with Crippen LogP contribution in [0.2, 0.25) is 0 Å². The average Bonchev–Trinajstić information content (AvgIpc) is 3.96. The number of nitrogens with zero attached hydrogens (tertiary/aromatic N) is 4. The Kier molecular flexibility index (Phi) is 12.8. The van der Waals surface area contributed by atoms with Gasteiger partial charge in [0.05, 0.1) is 12.3 Å². The van der Waals surface area contributed by atoms with E-state index in [-0.39, 0.29) is 17.5 Å². The molecule has 2 fully saturated rings. The van der Waals surface area contributed by atoms with E-state index in [0.29, 0.717) is 50.6 Å². The van der Waals surface area contributed by atoms with Crippen molar-refractivity contribution in [2.24, 2.45) is 28.5 Å². The van der Waals surface area contributed by atoms with Gasteiger partial charge in [-0.1, -0.05) is 6.92 Å². The Labute approximate surface area is 275 Å². The summed E-state index contributed by atoms with van der Waals surface area (Å²) in [5.41, 5.74) is 9.79. The number of nitrogens with one attached hydrogen (secondary N) is 2. The van der Waals surface area contributed by atoms with Crippen LogP contribution in [0.25, 0.3) is 11.1 Å². The predicted octanol–water partition coefficient (Wildman–Crippen LogP) is 4.29. The summed E-state index contributed by atoms with van der Waals surface area (Å²) >= 11 is 0. The van der Waals surface area contributed by atoms with E-state index < -0.39 is 22.0 Å². The van der Waals surface area contributed by atoms with Gasteiger partial charge in [0.25, 0.3) is 5.91 Å². The molecule has 12 heteroatoms. The van der Waals surface area contributed by atoms with Crippen molar-refractivity contribution < 1.29 is 19.1 Å². The molecule has 0 aromatic carbocycles. The topological polar surface area (TPSA) is 146 Å². The zero-order valence-corrected chi connectivity index (χ0v) is 29.2. The molecule has 0 radical (unpaired) electrons. The molecule has 2 amide bonds. The zero-order valence-electron chi connectivity index (χ0n) is 28.4. The number of rotatable bonds is 19. The molecule has 254 valence electrons. The van der Waals surface area contributed by atoms with Crippen LogP contribution in [0.5, 0.6) is 0 Å². The Morgan fingerprint density at radius 3 is 2.46 bits per heavy atom. The first-order valence-corrected chi connectivity index (χ1v) is 19.4. The van der Waals surface area contributed by atoms with Crippen LogP contribution in [0.4, 0.5) is 5.82 Å². The lowest BCUT2D eigenvalue weighted by Gasteiger charge is -2.27. The summed E-state index contributed by atoms with van der Waals surface area (Å²) in [5, 5.41) is 10.8. The molecule has 2 aromatic rings. The maximum Gasteiger partial charge on any atom is 0.270 e. The van der Waals surface area contributed by atoms with Crippen molar-refractivity contribution in [1.29, 1.82) is 0 Å². The Bertz CT molecular complexity index is 1360. The number of aromatic nitrogens is 3. The minimum absolute atomic E-state index is 0.0763. The Morgan fingerprint density at radius 1 is 1.17 bits per heavy atom. The van der Waals surface area contributed by atoms with E-state index in [0.717, 1.165) is 60.4 Å². The molecular weight excluding hydrogens is 602 g/mol. The van der Waals surface area contributed by atoms with Crippen LogP contribution in [-0.4, -0.2) is 89.7 Å². The van der Waals surface area contributed by atoms with Gasteiger partial charge in [-0.15, -0.1) is 0 Å². The fourth-order valence-corrected chi connectivity index (χ4v) is 6.51. The van der Waals surface area contributed by atoms with Crippen LogP contribution in [-0.2, 0) is 32.2 Å². The lowest BCUT2D eigenvalue weighted by atomic mass is 9.88. The van der Waals surface area contributed by atoms with Crippen LogP contribution >= 0.6 is 10.0 Å². The van der Waals surface area contributed by atoms with Crippen LogP contribution in [0.3, 0.4) is 0 Å². The van der Waals surface area contributed by atoms with Crippen LogP contribution in [0.1, 0.15) is 50.4 Å². The molecule has 2 heterocycles. The molecule has 2 saturated carbocycles. The SMILES string of the molecule is CCc1c(-c2ccc(NC(=O)C(NC(=O)C(C=CN)=NCCCOC)C(C3CC3)C3CC3)nc2)c(C)nn1COCCS(C)(C)C. The first-order chi connectivity index (χ1) is 22.1. The van der Waals surface area contributed by atoms with Crippen molar-refractivity contribution >= 4 is 33.4 Å². The quantitative estimate of drug-likeness (QED) is 0.151. The standard InChI is InChI=1S/C34H53N7O4S/c1-7-28-30(23(2)40-41(28)22-45-19-20-46(4,5)6)26-13-14-29(37-21-26)38-34(43)32(31(24-9-10-24)25-11-12-25)39-33(42)27(15-16-35)36-17-8-18-44-3/h13-16,21,24-25,31-32H,7-12,17-20,22,35H2,1-6H3,(H,39,42)(H,37,38,43). The van der Waals surface area contributed by atoms with Gasteiger partial charge in [-0.25, -0.2) is 19.7 Å². The lowest BCUT2D eigenvalue weighted by Crippen LogP contribution is -2.51. The second kappa shape index (κ2) is 16.6. The van der Waals surface area contributed by atoms with Gasteiger partial charge in [0, 0.05) is 49.0 Å². The third kappa shape index (κ3) is 10.1. The number of amides is 2. The van der Waals surface area contributed by atoms with Crippen LogP contribution < -0.4 is 16.4 Å². The number of ether oxygens (including phenoxy) is 2. The first kappa shape index (κ1) is 35.6. The summed E-state index contributed by atoms with van der Waals surface area (Å²) in [7, 11) is 1.01. The maximum atomic E-state index is 13.8. The summed E-state index contributed by atoms with van der Waals surface area (Å²) in [6.45, 7) is 6.20. The number of aryl methyl sites for hydroxylation is 1. The Morgan fingerprint density at radius 2 is 1.89 bits per heavy atom. The summed E-state index contributed by atoms with van der Waals surface area (Å²) in [6.07, 6.45) is 17.2. The highest BCUT2D eigenvalue weighted by atomic mass is 32.3. The number of nitrogens with two attached hydrogens (primary N) is 1. The molecule has 2 aliphatic rings. The number of hydrogen-bond acceptors (Lipinski definition) is 8. The second-order valence-corrected chi connectivity index (χ2v) is 17.8. The molecule has 1 atom stereocenters. The molecule has 0 aliphatic heterocycles. The van der Waals surface area contributed by atoms with Crippen LogP contribution in [0, 0.1) is 24.7 Å². The van der Waals surface area contributed by atoms with Crippen molar-refractivity contribution in [1.82, 2.24) is 20.1 Å². The summed E-state index contributed by atoms with van der Waals surface area (Å²) in [4.78, 5) is 36.3. The summed E-state index contributed by atoms with van der Waals surface area (Å²) in [6, 6.07) is 3.08. The number of hydrogen-bond donors (Lipinski definition) is 3. The Hall–Kier alpha value is -3.22. The molecule has 0 spiro atoms. The van der Waals surface area contributed by atoms with Crippen molar-refractivity contribution in [3.63, 3.8) is 0 Å². The molecule has 4 N–H and O–H groups in total. The van der Waals surface area contributed by atoms with Crippen molar-refractivity contribution in [3.05, 3.63) is 42.0 Å². The number of pyridine rings is 1. The van der Waals surface area contributed by atoms with Gasteiger partial charge in [-0.3, -0.25) is 14.6 Å². The van der Waals surface area contributed by atoms with Crippen molar-refractivity contribution in [2.75, 3.05) is 56.7 Å². The minimum atomic E-state index is -0.698. The maximum absolute atomic E-state index is 13.8. The van der Waals surface area contributed by atoms with E-state index >= 15 is 0 Å². The molecule has 4 rings (SSSR count). The highest BCUT2D eigenvalue weighted by Gasteiger charge is 2.48. The third-order valence-electron chi connectivity index (χ3n) is 8.49. The smallest absolute Gasteiger partial charge is 0.270 e. The molecule has 11 nitrogen and oxygen atoms in total. The highest BCUT2D eigenvalue weighted by molar-refractivity contribution is 8.32. The van der Waals surface area contributed by atoms with Gasteiger partial charge in [-0.2, -0.15) is 5.10 Å². The largest absolute Gasteiger partial charge is 0.405 e. The predicted molar refractivity (Wildman–Crippen MR) is 187 cm³/mol. The lowest BCUT2D eigenvalue weighted by molar-refractivity contribution is -0.124. The molecule has 0 bridgehead atoms.